The minimum absolute atomic E-state index is 0.0737. The number of carboxylic acids is 1. The maximum Gasteiger partial charge on any atom is 0.407 e. The van der Waals surface area contributed by atoms with E-state index in [4.69, 9.17) is 4.74 Å². The predicted octanol–water partition coefficient (Wildman–Crippen LogP) is 4.65. The standard InChI is InChI=1S/C28H34N2O5/c1-17-18(26(32)33)14-9-15-30(17)25(31)24(28(2,3)4)29-27(34)35-16-23-21-12-7-5-10-19(21)20-11-6-8-13-22(20)23/h5-8,10-13,17-18,23-24H,9,14-16H2,1-4H3,(H,29,34)(H,32,33)/t17?,18?,24-/m0/s1. The van der Waals surface area contributed by atoms with E-state index < -0.39 is 35.5 Å². The van der Waals surface area contributed by atoms with Crippen LogP contribution in [-0.4, -0.2) is 53.2 Å². The molecule has 3 atom stereocenters. The number of fused-ring (bicyclic) bond motifs is 3. The number of benzene rings is 2. The molecule has 7 heteroatoms. The van der Waals surface area contributed by atoms with Crippen LogP contribution in [0.25, 0.3) is 11.1 Å². The van der Waals surface area contributed by atoms with Crippen LogP contribution in [0.15, 0.2) is 48.5 Å². The molecule has 1 fully saturated rings. The lowest BCUT2D eigenvalue weighted by Crippen LogP contribution is -2.59. The van der Waals surface area contributed by atoms with Crippen molar-refractivity contribution in [2.45, 2.75) is 58.5 Å². The average molecular weight is 479 g/mol. The molecule has 1 aliphatic carbocycles. The van der Waals surface area contributed by atoms with E-state index in [1.807, 2.05) is 45.0 Å². The van der Waals surface area contributed by atoms with E-state index in [1.165, 1.54) is 0 Å². The topological polar surface area (TPSA) is 95.9 Å². The van der Waals surface area contributed by atoms with Crippen molar-refractivity contribution in [1.82, 2.24) is 10.2 Å². The molecule has 0 aromatic heterocycles. The highest BCUT2D eigenvalue weighted by atomic mass is 16.5. The molecule has 0 saturated carbocycles. The number of hydrogen-bond acceptors (Lipinski definition) is 4. The number of hydrogen-bond donors (Lipinski definition) is 2. The number of carbonyl (C=O) groups is 3. The number of nitrogens with zero attached hydrogens (tertiary/aromatic N) is 1. The maximum atomic E-state index is 13.5. The molecule has 0 radical (unpaired) electrons. The fourth-order valence-electron chi connectivity index (χ4n) is 5.36. The largest absolute Gasteiger partial charge is 0.481 e. The van der Waals surface area contributed by atoms with Gasteiger partial charge < -0.3 is 20.1 Å². The Labute approximate surface area is 206 Å². The van der Waals surface area contributed by atoms with Gasteiger partial charge in [-0.25, -0.2) is 4.79 Å². The minimum atomic E-state index is -0.896. The lowest BCUT2D eigenvalue weighted by atomic mass is 9.83. The summed E-state index contributed by atoms with van der Waals surface area (Å²) in [5, 5.41) is 12.3. The second kappa shape index (κ2) is 9.72. The molecule has 2 N–H and O–H groups in total. The molecule has 0 bridgehead atoms. The van der Waals surface area contributed by atoms with Crippen molar-refractivity contribution in [3.63, 3.8) is 0 Å². The van der Waals surface area contributed by atoms with Crippen molar-refractivity contribution in [1.29, 1.82) is 0 Å². The van der Waals surface area contributed by atoms with E-state index in [0.29, 0.717) is 19.4 Å². The van der Waals surface area contributed by atoms with Crippen LogP contribution in [0.2, 0.25) is 0 Å². The van der Waals surface area contributed by atoms with Gasteiger partial charge in [0.2, 0.25) is 5.91 Å². The van der Waals surface area contributed by atoms with Crippen molar-refractivity contribution < 1.29 is 24.2 Å². The van der Waals surface area contributed by atoms with Crippen LogP contribution in [-0.2, 0) is 14.3 Å². The summed E-state index contributed by atoms with van der Waals surface area (Å²) in [7, 11) is 0. The van der Waals surface area contributed by atoms with Crippen LogP contribution in [0.3, 0.4) is 0 Å². The molecule has 2 unspecified atom stereocenters. The smallest absolute Gasteiger partial charge is 0.407 e. The van der Waals surface area contributed by atoms with Crippen LogP contribution >= 0.6 is 0 Å². The average Bonchev–Trinajstić information content (AvgIpc) is 3.14. The summed E-state index contributed by atoms with van der Waals surface area (Å²) in [6.07, 6.45) is 0.509. The number of piperidine rings is 1. The van der Waals surface area contributed by atoms with Gasteiger partial charge in [0.05, 0.1) is 5.92 Å². The van der Waals surface area contributed by atoms with Crippen LogP contribution in [0.1, 0.15) is 57.6 Å². The first kappa shape index (κ1) is 24.8. The Morgan fingerprint density at radius 2 is 1.63 bits per heavy atom. The Balaban J connectivity index is 1.47. The van der Waals surface area contributed by atoms with Gasteiger partial charge in [-0.3, -0.25) is 9.59 Å². The van der Waals surface area contributed by atoms with Crippen molar-refractivity contribution in [2.24, 2.45) is 11.3 Å². The number of rotatable bonds is 5. The van der Waals surface area contributed by atoms with Gasteiger partial charge in [0, 0.05) is 18.5 Å². The normalized spacial score (nSPS) is 20.5. The monoisotopic (exact) mass is 478 g/mol. The first-order valence-electron chi connectivity index (χ1n) is 12.2. The van der Waals surface area contributed by atoms with Crippen molar-refractivity contribution in [3.05, 3.63) is 59.7 Å². The van der Waals surface area contributed by atoms with Gasteiger partial charge in [0.15, 0.2) is 0 Å². The third-order valence-corrected chi connectivity index (χ3v) is 7.31. The van der Waals surface area contributed by atoms with Gasteiger partial charge in [-0.15, -0.1) is 0 Å². The molecule has 7 nitrogen and oxygen atoms in total. The van der Waals surface area contributed by atoms with Crippen LogP contribution in [0.5, 0.6) is 0 Å². The molecule has 4 rings (SSSR count). The fourth-order valence-corrected chi connectivity index (χ4v) is 5.36. The highest BCUT2D eigenvalue weighted by molar-refractivity contribution is 5.87. The highest BCUT2D eigenvalue weighted by Crippen LogP contribution is 2.44. The molecular formula is C28H34N2O5. The Hall–Kier alpha value is -3.35. The third kappa shape index (κ3) is 4.90. The van der Waals surface area contributed by atoms with Crippen LogP contribution in [0.4, 0.5) is 4.79 Å². The Morgan fingerprint density at radius 1 is 1.06 bits per heavy atom. The van der Waals surface area contributed by atoms with Crippen molar-refractivity contribution in [3.8, 4) is 11.1 Å². The number of ether oxygens (including phenoxy) is 1. The fraction of sp³-hybridized carbons (Fsp3) is 0.464. The quantitative estimate of drug-likeness (QED) is 0.652. The van der Waals surface area contributed by atoms with Crippen LogP contribution in [0, 0.1) is 11.3 Å². The molecule has 186 valence electrons. The lowest BCUT2D eigenvalue weighted by Gasteiger charge is -2.41. The van der Waals surface area contributed by atoms with E-state index in [9.17, 15) is 19.5 Å². The second-order valence-electron chi connectivity index (χ2n) is 10.6. The number of nitrogens with one attached hydrogen (secondary N) is 1. The van der Waals surface area contributed by atoms with Gasteiger partial charge >= 0.3 is 12.1 Å². The first-order valence-corrected chi connectivity index (χ1v) is 12.2. The van der Waals surface area contributed by atoms with Gasteiger partial charge in [0.25, 0.3) is 0 Å². The number of carbonyl (C=O) groups excluding carboxylic acids is 2. The Kier molecular flexibility index (Phi) is 6.88. The first-order chi connectivity index (χ1) is 16.6. The van der Waals surface area contributed by atoms with Crippen LogP contribution < -0.4 is 5.32 Å². The molecule has 35 heavy (non-hydrogen) atoms. The third-order valence-electron chi connectivity index (χ3n) is 7.31. The van der Waals surface area contributed by atoms with E-state index in [1.54, 1.807) is 11.8 Å². The van der Waals surface area contributed by atoms with Crippen molar-refractivity contribution >= 4 is 18.0 Å². The summed E-state index contributed by atoms with van der Waals surface area (Å²) in [4.78, 5) is 39.7. The number of likely N-dealkylation sites (tertiary alicyclic amines) is 1. The van der Waals surface area contributed by atoms with Gasteiger partial charge in [-0.2, -0.15) is 0 Å². The molecule has 2 aliphatic rings. The number of alkyl carbamates (subject to hydrolysis) is 1. The van der Waals surface area contributed by atoms with Gasteiger partial charge in [-0.05, 0) is 47.4 Å². The zero-order valence-electron chi connectivity index (χ0n) is 20.8. The Morgan fingerprint density at radius 3 is 2.17 bits per heavy atom. The molecule has 2 aromatic carbocycles. The molecule has 2 aromatic rings. The summed E-state index contributed by atoms with van der Waals surface area (Å²) < 4.78 is 5.67. The summed E-state index contributed by atoms with van der Waals surface area (Å²) in [6, 6.07) is 14.9. The van der Waals surface area contributed by atoms with Gasteiger partial charge in [0.1, 0.15) is 12.6 Å². The van der Waals surface area contributed by atoms with Gasteiger partial charge in [-0.1, -0.05) is 69.3 Å². The van der Waals surface area contributed by atoms with E-state index in [0.717, 1.165) is 22.3 Å². The van der Waals surface area contributed by atoms with Crippen molar-refractivity contribution in [2.75, 3.05) is 13.2 Å². The SMILES string of the molecule is CC1C(C(=O)O)CCCN1C(=O)[C@H](NC(=O)OCC1c2ccccc2-c2ccccc21)C(C)(C)C. The zero-order valence-corrected chi connectivity index (χ0v) is 20.8. The zero-order chi connectivity index (χ0) is 25.3. The highest BCUT2D eigenvalue weighted by Gasteiger charge is 2.42. The van der Waals surface area contributed by atoms with E-state index in [-0.39, 0.29) is 18.4 Å². The molecule has 1 saturated heterocycles. The minimum Gasteiger partial charge on any atom is -0.481 e. The lowest BCUT2D eigenvalue weighted by molar-refractivity contribution is -0.150. The number of aliphatic carboxylic acids is 1. The number of carboxylic acid groups (broad SMARTS) is 1. The summed E-state index contributed by atoms with van der Waals surface area (Å²) >= 11 is 0. The summed E-state index contributed by atoms with van der Waals surface area (Å²) in [6.45, 7) is 8.03. The molecular weight excluding hydrogens is 444 g/mol. The van der Waals surface area contributed by atoms with E-state index >= 15 is 0 Å². The molecule has 0 spiro atoms. The molecule has 1 aliphatic heterocycles. The molecule has 2 amide bonds. The van der Waals surface area contributed by atoms with E-state index in [2.05, 4.69) is 29.6 Å². The predicted molar refractivity (Wildman–Crippen MR) is 133 cm³/mol. The molecule has 1 heterocycles. The Bertz CT molecular complexity index is 1080. The summed E-state index contributed by atoms with van der Waals surface area (Å²) in [5.41, 5.74) is 3.94. The maximum absolute atomic E-state index is 13.5. The number of amides is 2. The summed E-state index contributed by atoms with van der Waals surface area (Å²) in [5.74, 6) is -1.85. The second-order valence-corrected chi connectivity index (χ2v) is 10.6.